The normalized spacial score (nSPS) is 45.6. The van der Waals surface area contributed by atoms with Crippen LogP contribution < -0.4 is 0 Å². The van der Waals surface area contributed by atoms with Crippen molar-refractivity contribution in [2.24, 2.45) is 53.3 Å². The van der Waals surface area contributed by atoms with E-state index in [2.05, 4.69) is 34.6 Å². The molecular weight excluding hydrogens is 304 g/mol. The summed E-state index contributed by atoms with van der Waals surface area (Å²) in [5.74, 6) is 8.60. The van der Waals surface area contributed by atoms with E-state index in [4.69, 9.17) is 4.74 Å². The first-order chi connectivity index (χ1) is 12.0. The highest BCUT2D eigenvalue weighted by molar-refractivity contribution is 5.01. The van der Waals surface area contributed by atoms with E-state index in [9.17, 15) is 0 Å². The van der Waals surface area contributed by atoms with Crippen molar-refractivity contribution in [3.05, 3.63) is 0 Å². The van der Waals surface area contributed by atoms with Gasteiger partial charge in [-0.3, -0.25) is 0 Å². The van der Waals surface area contributed by atoms with Crippen molar-refractivity contribution in [2.45, 2.75) is 98.2 Å². The molecule has 0 amide bonds. The molecule has 4 aliphatic rings. The SMILES string of the molecule is CCC(C(C)CC1C[C@@H]2C[C@H](C(CC)C(C)C)[C@H]1O2)C1CC2CC2C1. The van der Waals surface area contributed by atoms with Gasteiger partial charge in [-0.1, -0.05) is 47.5 Å². The molecule has 1 nitrogen and oxygen atoms in total. The van der Waals surface area contributed by atoms with Gasteiger partial charge in [0, 0.05) is 0 Å². The van der Waals surface area contributed by atoms with Crippen molar-refractivity contribution in [2.75, 3.05) is 0 Å². The van der Waals surface area contributed by atoms with Gasteiger partial charge in [0.1, 0.15) is 0 Å². The molecule has 2 saturated heterocycles. The number of rotatable bonds is 8. The first kappa shape index (κ1) is 18.3. The van der Waals surface area contributed by atoms with Crippen LogP contribution in [0, 0.1) is 53.3 Å². The van der Waals surface area contributed by atoms with Gasteiger partial charge in [-0.2, -0.15) is 0 Å². The molecule has 9 atom stereocenters. The van der Waals surface area contributed by atoms with Gasteiger partial charge in [-0.15, -0.1) is 0 Å². The third-order valence-electron chi connectivity index (χ3n) is 8.98. The van der Waals surface area contributed by atoms with Gasteiger partial charge < -0.3 is 4.74 Å². The van der Waals surface area contributed by atoms with E-state index in [1.54, 1.807) is 19.3 Å². The number of hydrogen-bond acceptors (Lipinski definition) is 1. The number of fused-ring (bicyclic) bond motifs is 3. The highest BCUT2D eigenvalue weighted by Crippen LogP contribution is 2.58. The summed E-state index contributed by atoms with van der Waals surface area (Å²) in [4.78, 5) is 0. The van der Waals surface area contributed by atoms with Crippen molar-refractivity contribution in [3.8, 4) is 0 Å². The van der Waals surface area contributed by atoms with E-state index in [1.807, 2.05) is 0 Å². The second kappa shape index (κ2) is 7.17. The molecule has 144 valence electrons. The molecule has 0 N–H and O–H groups in total. The quantitative estimate of drug-likeness (QED) is 0.483. The maximum absolute atomic E-state index is 6.49. The monoisotopic (exact) mass is 346 g/mol. The second-order valence-corrected chi connectivity index (χ2v) is 10.7. The molecule has 2 bridgehead atoms. The van der Waals surface area contributed by atoms with E-state index in [0.29, 0.717) is 12.2 Å². The summed E-state index contributed by atoms with van der Waals surface area (Å²) < 4.78 is 6.49. The van der Waals surface area contributed by atoms with E-state index < -0.39 is 0 Å². The van der Waals surface area contributed by atoms with E-state index in [-0.39, 0.29) is 0 Å². The average molecular weight is 347 g/mol. The van der Waals surface area contributed by atoms with Gasteiger partial charge in [-0.05, 0) is 91.8 Å². The molecule has 25 heavy (non-hydrogen) atoms. The molecule has 0 aromatic carbocycles. The van der Waals surface area contributed by atoms with Gasteiger partial charge in [0.05, 0.1) is 12.2 Å². The standard InChI is InChI=1S/C24H42O/c1-6-21(14(3)4)23-13-20-12-19(24(23)25-20)8-15(5)22(7-2)18-10-16-9-17(16)11-18/h14-24H,6-13H2,1-5H3/t15?,16?,17?,18?,19?,20-,21?,22?,23-,24+/m1/s1. The average Bonchev–Trinajstić information content (AvgIpc) is 2.91. The maximum atomic E-state index is 6.49. The minimum atomic E-state index is 0.592. The maximum Gasteiger partial charge on any atom is 0.0639 e. The molecule has 0 radical (unpaired) electrons. The lowest BCUT2D eigenvalue weighted by Crippen LogP contribution is -2.35. The summed E-state index contributed by atoms with van der Waals surface area (Å²) in [6.07, 6.45) is 12.8. The Morgan fingerprint density at radius 1 is 0.840 bits per heavy atom. The number of ether oxygens (including phenoxy) is 1. The molecule has 2 aliphatic heterocycles. The van der Waals surface area contributed by atoms with Crippen LogP contribution in [0.4, 0.5) is 0 Å². The molecular formula is C24H42O. The van der Waals surface area contributed by atoms with Gasteiger partial charge in [-0.25, -0.2) is 0 Å². The van der Waals surface area contributed by atoms with E-state index >= 15 is 0 Å². The Morgan fingerprint density at radius 2 is 1.52 bits per heavy atom. The lowest BCUT2D eigenvalue weighted by molar-refractivity contribution is 0.0435. The lowest BCUT2D eigenvalue weighted by Gasteiger charge is -2.37. The van der Waals surface area contributed by atoms with Crippen LogP contribution in [0.15, 0.2) is 0 Å². The Labute approximate surface area is 156 Å². The molecule has 2 heterocycles. The summed E-state index contributed by atoms with van der Waals surface area (Å²) >= 11 is 0. The van der Waals surface area contributed by atoms with Crippen molar-refractivity contribution < 1.29 is 4.74 Å². The van der Waals surface area contributed by atoms with Crippen LogP contribution in [0.2, 0.25) is 0 Å². The van der Waals surface area contributed by atoms with E-state index in [1.165, 1.54) is 32.1 Å². The van der Waals surface area contributed by atoms with Gasteiger partial charge in [0.25, 0.3) is 0 Å². The molecule has 0 aromatic heterocycles. The van der Waals surface area contributed by atoms with Crippen LogP contribution in [-0.4, -0.2) is 12.2 Å². The molecule has 6 unspecified atom stereocenters. The Morgan fingerprint density at radius 3 is 2.08 bits per heavy atom. The molecule has 4 fully saturated rings. The van der Waals surface area contributed by atoms with Crippen LogP contribution in [-0.2, 0) is 4.74 Å². The second-order valence-electron chi connectivity index (χ2n) is 10.7. The van der Waals surface area contributed by atoms with E-state index in [0.717, 1.165) is 53.3 Å². The predicted molar refractivity (Wildman–Crippen MR) is 105 cm³/mol. The van der Waals surface area contributed by atoms with Crippen molar-refractivity contribution in [1.29, 1.82) is 0 Å². The largest absolute Gasteiger partial charge is 0.374 e. The zero-order chi connectivity index (χ0) is 17.7. The van der Waals surface area contributed by atoms with Crippen molar-refractivity contribution >= 4 is 0 Å². The zero-order valence-corrected chi connectivity index (χ0v) is 17.4. The van der Waals surface area contributed by atoms with Gasteiger partial charge in [0.15, 0.2) is 0 Å². The predicted octanol–water partition coefficient (Wildman–Crippen LogP) is 6.56. The fourth-order valence-corrected chi connectivity index (χ4v) is 7.78. The summed E-state index contributed by atoms with van der Waals surface area (Å²) in [6.45, 7) is 12.3. The van der Waals surface area contributed by atoms with Crippen LogP contribution in [0.5, 0.6) is 0 Å². The molecule has 0 spiro atoms. The zero-order valence-electron chi connectivity index (χ0n) is 17.4. The number of hydrogen-bond donors (Lipinski definition) is 0. The Hall–Kier alpha value is -0.0400. The minimum absolute atomic E-state index is 0.592. The highest BCUT2D eigenvalue weighted by atomic mass is 16.5. The van der Waals surface area contributed by atoms with Gasteiger partial charge >= 0.3 is 0 Å². The fourth-order valence-electron chi connectivity index (χ4n) is 7.78. The first-order valence-electron chi connectivity index (χ1n) is 11.7. The summed E-state index contributed by atoms with van der Waals surface area (Å²) in [6, 6.07) is 0. The van der Waals surface area contributed by atoms with Crippen molar-refractivity contribution in [3.63, 3.8) is 0 Å². The van der Waals surface area contributed by atoms with Gasteiger partial charge in [0.2, 0.25) is 0 Å². The van der Waals surface area contributed by atoms with Crippen LogP contribution >= 0.6 is 0 Å². The molecule has 0 aromatic rings. The Bertz CT molecular complexity index is 447. The highest BCUT2D eigenvalue weighted by Gasteiger charge is 2.51. The Balaban J connectivity index is 1.37. The molecule has 4 rings (SSSR count). The van der Waals surface area contributed by atoms with Crippen LogP contribution in [0.1, 0.15) is 86.0 Å². The van der Waals surface area contributed by atoms with Crippen LogP contribution in [0.25, 0.3) is 0 Å². The van der Waals surface area contributed by atoms with Crippen LogP contribution in [0.3, 0.4) is 0 Å². The molecule has 2 aliphatic carbocycles. The lowest BCUT2D eigenvalue weighted by atomic mass is 9.67. The summed E-state index contributed by atoms with van der Waals surface area (Å²) in [5.41, 5.74) is 0. The summed E-state index contributed by atoms with van der Waals surface area (Å²) in [5, 5.41) is 0. The third-order valence-corrected chi connectivity index (χ3v) is 8.98. The minimum Gasteiger partial charge on any atom is -0.374 e. The summed E-state index contributed by atoms with van der Waals surface area (Å²) in [7, 11) is 0. The molecule has 1 heteroatoms. The fraction of sp³-hybridized carbons (Fsp3) is 1.00. The Kier molecular flexibility index (Phi) is 5.26. The van der Waals surface area contributed by atoms with Crippen molar-refractivity contribution in [1.82, 2.24) is 0 Å². The molecule has 2 saturated carbocycles. The first-order valence-corrected chi connectivity index (χ1v) is 11.7. The third kappa shape index (κ3) is 3.44. The smallest absolute Gasteiger partial charge is 0.0639 e. The topological polar surface area (TPSA) is 9.23 Å².